The molecule has 0 aliphatic heterocycles. The van der Waals surface area contributed by atoms with Crippen LogP contribution in [0.5, 0.6) is 5.75 Å². The molecule has 5 nitrogen and oxygen atoms in total. The number of hydrogen-bond donors (Lipinski definition) is 1. The molecule has 0 radical (unpaired) electrons. The van der Waals surface area contributed by atoms with Crippen molar-refractivity contribution < 1.29 is 9.53 Å². The lowest BCUT2D eigenvalue weighted by Gasteiger charge is -2.07. The maximum absolute atomic E-state index is 12.0. The predicted molar refractivity (Wildman–Crippen MR) is 107 cm³/mol. The van der Waals surface area contributed by atoms with Crippen LogP contribution in [0, 0.1) is 13.8 Å². The molecule has 0 fully saturated rings. The van der Waals surface area contributed by atoms with Crippen LogP contribution in [0.1, 0.15) is 17.0 Å². The van der Waals surface area contributed by atoms with Gasteiger partial charge in [0, 0.05) is 28.2 Å². The van der Waals surface area contributed by atoms with Gasteiger partial charge in [0.25, 0.3) is 0 Å². The monoisotopic (exact) mass is 379 g/mol. The molecule has 2 aromatic carbocycles. The molecule has 0 saturated carbocycles. The zero-order valence-corrected chi connectivity index (χ0v) is 15.7. The van der Waals surface area contributed by atoms with E-state index in [-0.39, 0.29) is 0 Å². The minimum atomic E-state index is -0.478. The highest BCUT2D eigenvalue weighted by atomic mass is 35.5. The van der Waals surface area contributed by atoms with Crippen LogP contribution < -0.4 is 10.1 Å². The molecule has 0 amide bonds. The van der Waals surface area contributed by atoms with Gasteiger partial charge in [-0.1, -0.05) is 29.8 Å². The summed E-state index contributed by atoms with van der Waals surface area (Å²) < 4.78 is 5.29. The summed E-state index contributed by atoms with van der Waals surface area (Å²) in [5.41, 5.74) is 3.33. The van der Waals surface area contributed by atoms with E-state index in [0.717, 1.165) is 22.6 Å². The van der Waals surface area contributed by atoms with E-state index < -0.39 is 5.97 Å². The highest BCUT2D eigenvalue weighted by Gasteiger charge is 2.04. The second-order valence-electron chi connectivity index (χ2n) is 5.90. The second kappa shape index (κ2) is 8.47. The average Bonchev–Trinajstić information content (AvgIpc) is 2.62. The molecule has 3 rings (SSSR count). The van der Waals surface area contributed by atoms with Gasteiger partial charge in [-0.3, -0.25) is 0 Å². The predicted octanol–water partition coefficient (Wildman–Crippen LogP) is 5.11. The van der Waals surface area contributed by atoms with E-state index in [4.69, 9.17) is 16.3 Å². The first kappa shape index (κ1) is 18.6. The Morgan fingerprint density at radius 2 is 1.70 bits per heavy atom. The summed E-state index contributed by atoms with van der Waals surface area (Å²) in [6, 6.07) is 16.2. The first-order chi connectivity index (χ1) is 13.0. The first-order valence-electron chi connectivity index (χ1n) is 8.33. The van der Waals surface area contributed by atoms with Gasteiger partial charge >= 0.3 is 5.97 Å². The van der Waals surface area contributed by atoms with E-state index in [1.54, 1.807) is 36.4 Å². The number of esters is 1. The number of carbonyl (C=O) groups is 1. The summed E-state index contributed by atoms with van der Waals surface area (Å²) in [6.07, 6.45) is 2.97. The Bertz CT molecular complexity index is 965. The number of halogens is 1. The lowest BCUT2D eigenvalue weighted by Crippen LogP contribution is -2.04. The minimum absolute atomic E-state index is 0.440. The molecular formula is C21H18ClN3O2. The molecule has 0 spiro atoms. The van der Waals surface area contributed by atoms with Gasteiger partial charge in [0.2, 0.25) is 5.95 Å². The van der Waals surface area contributed by atoms with Crippen molar-refractivity contribution in [3.05, 3.63) is 82.6 Å². The SMILES string of the molecule is Cc1cc(C)nc(Nc2ccc(OC(=O)/C=C/c3ccccc3Cl)cc2)n1. The third kappa shape index (κ3) is 5.39. The van der Waals surface area contributed by atoms with Gasteiger partial charge in [0.15, 0.2) is 0 Å². The van der Waals surface area contributed by atoms with Crippen LogP contribution in [0.3, 0.4) is 0 Å². The average molecular weight is 380 g/mol. The molecule has 6 heteroatoms. The summed E-state index contributed by atoms with van der Waals surface area (Å²) in [7, 11) is 0. The van der Waals surface area contributed by atoms with Crippen molar-refractivity contribution in [2.24, 2.45) is 0 Å². The van der Waals surface area contributed by atoms with Crippen LogP contribution in [-0.2, 0) is 4.79 Å². The van der Waals surface area contributed by atoms with E-state index in [0.29, 0.717) is 16.7 Å². The minimum Gasteiger partial charge on any atom is -0.423 e. The number of hydrogen-bond acceptors (Lipinski definition) is 5. The Balaban J connectivity index is 1.61. The molecule has 0 aliphatic carbocycles. The van der Waals surface area contributed by atoms with Crippen LogP contribution in [-0.4, -0.2) is 15.9 Å². The Kier molecular flexibility index (Phi) is 5.84. The summed E-state index contributed by atoms with van der Waals surface area (Å²) >= 11 is 6.05. The largest absolute Gasteiger partial charge is 0.423 e. The molecule has 1 heterocycles. The lowest BCUT2D eigenvalue weighted by molar-refractivity contribution is -0.128. The van der Waals surface area contributed by atoms with Crippen LogP contribution in [0.25, 0.3) is 6.08 Å². The number of nitrogens with zero attached hydrogens (tertiary/aromatic N) is 2. The second-order valence-corrected chi connectivity index (χ2v) is 6.31. The van der Waals surface area contributed by atoms with E-state index in [1.165, 1.54) is 6.08 Å². The quantitative estimate of drug-likeness (QED) is 0.379. The number of anilines is 2. The van der Waals surface area contributed by atoms with Gasteiger partial charge in [0.05, 0.1) is 0 Å². The number of benzene rings is 2. The summed E-state index contributed by atoms with van der Waals surface area (Å²) in [5, 5.41) is 3.70. The number of rotatable bonds is 5. The molecule has 0 unspecified atom stereocenters. The highest BCUT2D eigenvalue weighted by molar-refractivity contribution is 6.32. The summed E-state index contributed by atoms with van der Waals surface area (Å²) in [5.74, 6) is 0.490. The Hall–Kier alpha value is -3.18. The zero-order chi connectivity index (χ0) is 19.2. The van der Waals surface area contributed by atoms with E-state index >= 15 is 0 Å². The van der Waals surface area contributed by atoms with Crippen molar-refractivity contribution in [3.63, 3.8) is 0 Å². The summed E-state index contributed by atoms with van der Waals surface area (Å²) in [4.78, 5) is 20.6. The van der Waals surface area contributed by atoms with E-state index in [1.807, 2.05) is 38.1 Å². The molecule has 1 N–H and O–H groups in total. The van der Waals surface area contributed by atoms with Crippen molar-refractivity contribution in [1.29, 1.82) is 0 Å². The molecule has 0 aliphatic rings. The third-order valence-electron chi connectivity index (χ3n) is 3.62. The molecule has 136 valence electrons. The zero-order valence-electron chi connectivity index (χ0n) is 14.9. The number of aryl methyl sites for hydroxylation is 2. The molecule has 1 aromatic heterocycles. The number of carbonyl (C=O) groups excluding carboxylic acids is 1. The molecule has 0 bridgehead atoms. The Labute approximate surface area is 162 Å². The fraction of sp³-hybridized carbons (Fsp3) is 0.0952. The maximum atomic E-state index is 12.0. The molecule has 27 heavy (non-hydrogen) atoms. The van der Waals surface area contributed by atoms with Crippen LogP contribution in [0.2, 0.25) is 5.02 Å². The van der Waals surface area contributed by atoms with E-state index in [2.05, 4.69) is 15.3 Å². The van der Waals surface area contributed by atoms with Crippen LogP contribution >= 0.6 is 11.6 Å². The van der Waals surface area contributed by atoms with Crippen molar-refractivity contribution in [3.8, 4) is 5.75 Å². The Morgan fingerprint density at radius 3 is 2.37 bits per heavy atom. The van der Waals surface area contributed by atoms with Crippen molar-refractivity contribution in [1.82, 2.24) is 9.97 Å². The highest BCUT2D eigenvalue weighted by Crippen LogP contribution is 2.20. The third-order valence-corrected chi connectivity index (χ3v) is 3.96. The molecule has 0 atom stereocenters. The maximum Gasteiger partial charge on any atom is 0.336 e. The fourth-order valence-electron chi connectivity index (χ4n) is 2.44. The van der Waals surface area contributed by atoms with Crippen molar-refractivity contribution in [2.45, 2.75) is 13.8 Å². The van der Waals surface area contributed by atoms with E-state index in [9.17, 15) is 4.79 Å². The van der Waals surface area contributed by atoms with Gasteiger partial charge in [-0.25, -0.2) is 14.8 Å². The fourth-order valence-corrected chi connectivity index (χ4v) is 2.63. The van der Waals surface area contributed by atoms with Crippen molar-refractivity contribution in [2.75, 3.05) is 5.32 Å². The first-order valence-corrected chi connectivity index (χ1v) is 8.71. The topological polar surface area (TPSA) is 64.1 Å². The number of aromatic nitrogens is 2. The van der Waals surface area contributed by atoms with Gasteiger partial charge in [-0.15, -0.1) is 0 Å². The number of nitrogens with one attached hydrogen (secondary N) is 1. The van der Waals surface area contributed by atoms with Crippen LogP contribution in [0.4, 0.5) is 11.6 Å². The van der Waals surface area contributed by atoms with Gasteiger partial charge in [-0.05, 0) is 61.9 Å². The van der Waals surface area contributed by atoms with Gasteiger partial charge < -0.3 is 10.1 Å². The smallest absolute Gasteiger partial charge is 0.336 e. The molecule has 0 saturated heterocycles. The lowest BCUT2D eigenvalue weighted by atomic mass is 10.2. The summed E-state index contributed by atoms with van der Waals surface area (Å²) in [6.45, 7) is 3.83. The van der Waals surface area contributed by atoms with Gasteiger partial charge in [-0.2, -0.15) is 0 Å². The van der Waals surface area contributed by atoms with Crippen molar-refractivity contribution >= 4 is 35.3 Å². The van der Waals surface area contributed by atoms with Gasteiger partial charge in [0.1, 0.15) is 5.75 Å². The number of ether oxygens (including phenoxy) is 1. The molecule has 3 aromatic rings. The standard InChI is InChI=1S/C21H18ClN3O2/c1-14-13-15(2)24-21(23-14)25-17-8-10-18(11-9-17)27-20(26)12-7-16-5-3-4-6-19(16)22/h3-13H,1-2H3,(H,23,24,25)/b12-7+. The Morgan fingerprint density at radius 1 is 1.04 bits per heavy atom. The normalized spacial score (nSPS) is 10.8. The molecular weight excluding hydrogens is 362 g/mol. The van der Waals surface area contributed by atoms with Crippen LogP contribution in [0.15, 0.2) is 60.7 Å².